The highest BCUT2D eigenvalue weighted by Gasteiger charge is 2.15. The molecule has 0 unspecified atom stereocenters. The van der Waals surface area contributed by atoms with Gasteiger partial charge in [-0.2, -0.15) is 0 Å². The molecule has 0 aliphatic rings. The Morgan fingerprint density at radius 3 is 2.47 bits per heavy atom. The smallest absolute Gasteiger partial charge is 0.279 e. The van der Waals surface area contributed by atoms with E-state index >= 15 is 0 Å². The zero-order valence-electron chi connectivity index (χ0n) is 11.1. The SMILES string of the molecule is COc1cc(OC)c(Nc2cccc[n+]2C)cc1Cl. The minimum Gasteiger partial charge on any atom is -0.495 e. The molecule has 0 amide bonds. The number of hydrogen-bond acceptors (Lipinski definition) is 3. The van der Waals surface area contributed by atoms with Gasteiger partial charge < -0.3 is 9.47 Å². The fraction of sp³-hybridized carbons (Fsp3) is 0.214. The van der Waals surface area contributed by atoms with Crippen molar-refractivity contribution < 1.29 is 14.0 Å². The number of rotatable bonds is 4. The summed E-state index contributed by atoms with van der Waals surface area (Å²) in [6.07, 6.45) is 1.96. The number of nitrogens with zero attached hydrogens (tertiary/aromatic N) is 1. The van der Waals surface area contributed by atoms with Crippen LogP contribution in [0.5, 0.6) is 11.5 Å². The molecule has 0 saturated carbocycles. The van der Waals surface area contributed by atoms with Gasteiger partial charge in [0.25, 0.3) is 5.82 Å². The van der Waals surface area contributed by atoms with E-state index in [4.69, 9.17) is 21.1 Å². The highest BCUT2D eigenvalue weighted by Crippen LogP contribution is 2.36. The van der Waals surface area contributed by atoms with Gasteiger partial charge in [-0.05, 0) is 6.07 Å². The first-order chi connectivity index (χ1) is 9.15. The Morgan fingerprint density at radius 1 is 1.11 bits per heavy atom. The van der Waals surface area contributed by atoms with Gasteiger partial charge in [0.2, 0.25) is 0 Å². The predicted molar refractivity (Wildman–Crippen MR) is 75.5 cm³/mol. The van der Waals surface area contributed by atoms with Gasteiger partial charge >= 0.3 is 0 Å². The Bertz CT molecular complexity index is 588. The predicted octanol–water partition coefficient (Wildman–Crippen LogP) is 2.93. The summed E-state index contributed by atoms with van der Waals surface area (Å²) in [4.78, 5) is 0. The quantitative estimate of drug-likeness (QED) is 0.874. The van der Waals surface area contributed by atoms with Crippen LogP contribution in [0, 0.1) is 0 Å². The molecule has 0 aliphatic carbocycles. The Balaban J connectivity index is 2.40. The summed E-state index contributed by atoms with van der Waals surface area (Å²) in [5, 5.41) is 3.81. The molecule has 0 spiro atoms. The van der Waals surface area contributed by atoms with Crippen molar-refractivity contribution in [3.63, 3.8) is 0 Å². The molecule has 2 aromatic rings. The van der Waals surface area contributed by atoms with Crippen LogP contribution in [0.4, 0.5) is 11.5 Å². The van der Waals surface area contributed by atoms with Crippen LogP contribution in [-0.4, -0.2) is 14.2 Å². The fourth-order valence-corrected chi connectivity index (χ4v) is 1.99. The number of nitrogens with one attached hydrogen (secondary N) is 1. The second-order valence-corrected chi connectivity index (χ2v) is 4.42. The lowest BCUT2D eigenvalue weighted by Crippen LogP contribution is -2.30. The van der Waals surface area contributed by atoms with Gasteiger partial charge in [0.1, 0.15) is 5.75 Å². The number of pyridine rings is 1. The molecule has 0 saturated heterocycles. The van der Waals surface area contributed by atoms with Crippen LogP contribution in [-0.2, 0) is 7.05 Å². The number of aryl methyl sites for hydroxylation is 1. The molecule has 2 rings (SSSR count). The largest absolute Gasteiger partial charge is 0.495 e. The highest BCUT2D eigenvalue weighted by molar-refractivity contribution is 6.32. The average Bonchev–Trinajstić information content (AvgIpc) is 2.42. The van der Waals surface area contributed by atoms with E-state index in [1.54, 1.807) is 26.4 Å². The van der Waals surface area contributed by atoms with Crippen LogP contribution in [0.3, 0.4) is 0 Å². The lowest BCUT2D eigenvalue weighted by molar-refractivity contribution is -0.657. The zero-order chi connectivity index (χ0) is 13.8. The lowest BCUT2D eigenvalue weighted by atomic mass is 10.2. The topological polar surface area (TPSA) is 34.4 Å². The molecular formula is C14H16ClN2O2+. The number of hydrogen-bond donors (Lipinski definition) is 1. The van der Waals surface area contributed by atoms with Crippen LogP contribution in [0.2, 0.25) is 5.02 Å². The first-order valence-electron chi connectivity index (χ1n) is 5.79. The third-order valence-electron chi connectivity index (χ3n) is 2.79. The molecule has 100 valence electrons. The van der Waals surface area contributed by atoms with E-state index in [-0.39, 0.29) is 0 Å². The van der Waals surface area contributed by atoms with Gasteiger partial charge in [-0.3, -0.25) is 0 Å². The molecule has 4 nitrogen and oxygen atoms in total. The molecule has 0 atom stereocenters. The van der Waals surface area contributed by atoms with Crippen LogP contribution in [0.15, 0.2) is 36.5 Å². The molecule has 0 fully saturated rings. The number of methoxy groups -OCH3 is 2. The summed E-state index contributed by atoms with van der Waals surface area (Å²) >= 11 is 6.14. The second-order valence-electron chi connectivity index (χ2n) is 4.01. The first-order valence-corrected chi connectivity index (χ1v) is 6.16. The standard InChI is InChI=1S/C14H15ClN2O2/c1-17-7-5-4-6-14(17)16-11-8-10(15)12(18-2)9-13(11)19-3/h4-9H,1-3H3/p+1. The molecule has 19 heavy (non-hydrogen) atoms. The van der Waals surface area contributed by atoms with Gasteiger partial charge in [0.15, 0.2) is 11.4 Å². The van der Waals surface area contributed by atoms with Gasteiger partial charge in [-0.1, -0.05) is 17.7 Å². The highest BCUT2D eigenvalue weighted by atomic mass is 35.5. The van der Waals surface area contributed by atoms with E-state index in [1.807, 2.05) is 36.0 Å². The summed E-state index contributed by atoms with van der Waals surface area (Å²) in [5.74, 6) is 2.19. The molecule has 0 aliphatic heterocycles. The molecule has 0 bridgehead atoms. The average molecular weight is 280 g/mol. The third-order valence-corrected chi connectivity index (χ3v) is 3.09. The van der Waals surface area contributed by atoms with E-state index < -0.39 is 0 Å². The number of ether oxygens (including phenoxy) is 2. The molecule has 5 heteroatoms. The second kappa shape index (κ2) is 5.80. The van der Waals surface area contributed by atoms with Gasteiger partial charge in [-0.25, -0.2) is 9.88 Å². The third kappa shape index (κ3) is 2.90. The molecule has 1 aromatic heterocycles. The Morgan fingerprint density at radius 2 is 1.84 bits per heavy atom. The number of benzene rings is 1. The van der Waals surface area contributed by atoms with Crippen molar-refractivity contribution in [2.45, 2.75) is 0 Å². The molecule has 1 N–H and O–H groups in total. The summed E-state index contributed by atoms with van der Waals surface area (Å²) in [5.41, 5.74) is 0.787. The van der Waals surface area contributed by atoms with Crippen molar-refractivity contribution in [2.75, 3.05) is 19.5 Å². The maximum atomic E-state index is 6.14. The van der Waals surface area contributed by atoms with Crippen LogP contribution in [0.25, 0.3) is 0 Å². The summed E-state index contributed by atoms with van der Waals surface area (Å²) in [7, 11) is 5.14. The van der Waals surface area contributed by atoms with Crippen molar-refractivity contribution in [3.05, 3.63) is 41.6 Å². The Kier molecular flexibility index (Phi) is 4.12. The minimum absolute atomic E-state index is 0.532. The zero-order valence-corrected chi connectivity index (χ0v) is 11.9. The minimum atomic E-state index is 0.532. The summed E-state index contributed by atoms with van der Waals surface area (Å²) in [6.45, 7) is 0. The van der Waals surface area contributed by atoms with E-state index in [2.05, 4.69) is 5.32 Å². The van der Waals surface area contributed by atoms with Crippen LogP contribution in [0.1, 0.15) is 0 Å². The van der Waals surface area contributed by atoms with Gasteiger partial charge in [-0.15, -0.1) is 0 Å². The normalized spacial score (nSPS) is 10.1. The maximum absolute atomic E-state index is 6.14. The van der Waals surface area contributed by atoms with Crippen LogP contribution >= 0.6 is 11.6 Å². The summed E-state index contributed by atoms with van der Waals surface area (Å²) in [6, 6.07) is 9.43. The monoisotopic (exact) mass is 279 g/mol. The van der Waals surface area contributed by atoms with Gasteiger partial charge in [0, 0.05) is 18.2 Å². The summed E-state index contributed by atoms with van der Waals surface area (Å²) < 4.78 is 12.5. The van der Waals surface area contributed by atoms with Crippen molar-refractivity contribution in [1.29, 1.82) is 0 Å². The first kappa shape index (κ1) is 13.5. The van der Waals surface area contributed by atoms with Crippen molar-refractivity contribution in [3.8, 4) is 11.5 Å². The Hall–Kier alpha value is -1.94. The lowest BCUT2D eigenvalue weighted by Gasteiger charge is -2.10. The fourth-order valence-electron chi connectivity index (χ4n) is 1.75. The molecule has 1 aromatic carbocycles. The number of halogens is 1. The van der Waals surface area contributed by atoms with E-state index in [0.717, 1.165) is 11.5 Å². The van der Waals surface area contributed by atoms with Crippen molar-refractivity contribution in [1.82, 2.24) is 0 Å². The van der Waals surface area contributed by atoms with Crippen molar-refractivity contribution >= 4 is 23.1 Å². The van der Waals surface area contributed by atoms with E-state index in [9.17, 15) is 0 Å². The maximum Gasteiger partial charge on any atom is 0.279 e. The molecule has 1 heterocycles. The number of aromatic nitrogens is 1. The molecular weight excluding hydrogens is 264 g/mol. The van der Waals surface area contributed by atoms with Gasteiger partial charge in [0.05, 0.1) is 32.5 Å². The van der Waals surface area contributed by atoms with Crippen molar-refractivity contribution in [2.24, 2.45) is 7.05 Å². The molecule has 0 radical (unpaired) electrons. The Labute approximate surface area is 117 Å². The number of anilines is 2. The van der Waals surface area contributed by atoms with E-state index in [1.165, 1.54) is 0 Å². The van der Waals surface area contributed by atoms with E-state index in [0.29, 0.717) is 16.5 Å². The van der Waals surface area contributed by atoms with Crippen LogP contribution < -0.4 is 19.4 Å².